The summed E-state index contributed by atoms with van der Waals surface area (Å²) in [5.41, 5.74) is 4.88. The second-order valence-corrected chi connectivity index (χ2v) is 3.58. The second-order valence-electron chi connectivity index (χ2n) is 3.58. The molecule has 1 fully saturated rings. The Labute approximate surface area is 89.0 Å². The number of urea groups is 1. The molecule has 0 aromatic rings. The lowest BCUT2D eigenvalue weighted by molar-refractivity contribution is -0.123. The van der Waals surface area contributed by atoms with Gasteiger partial charge >= 0.3 is 6.03 Å². The van der Waals surface area contributed by atoms with Crippen molar-refractivity contribution in [2.75, 3.05) is 19.6 Å². The Morgan fingerprint density at radius 1 is 1.27 bits per heavy atom. The molecule has 15 heavy (non-hydrogen) atoms. The predicted octanol–water partition coefficient (Wildman–Crippen LogP) is -1.09. The van der Waals surface area contributed by atoms with Crippen LogP contribution in [0.3, 0.4) is 0 Å². The van der Waals surface area contributed by atoms with Gasteiger partial charge in [0.2, 0.25) is 5.91 Å². The number of piperidine rings is 1. The highest BCUT2D eigenvalue weighted by atomic mass is 16.2. The van der Waals surface area contributed by atoms with E-state index in [1.54, 1.807) is 0 Å². The molecule has 0 aromatic heterocycles. The molecule has 0 aliphatic carbocycles. The highest BCUT2D eigenvalue weighted by molar-refractivity contribution is 5.81. The zero-order chi connectivity index (χ0) is 11.1. The standard InChI is InChI=1S/C9H18N4O2/c10-9(15)13-6-5-12-8(14)7-3-1-2-4-11-7/h7,11H,1-6H2,(H,12,14)(H3,10,13,15)/t7-/m1/s1. The maximum Gasteiger partial charge on any atom is 0.312 e. The quantitative estimate of drug-likeness (QED) is 0.448. The Morgan fingerprint density at radius 3 is 2.60 bits per heavy atom. The fraction of sp³-hybridized carbons (Fsp3) is 0.778. The number of hydrogen-bond donors (Lipinski definition) is 4. The van der Waals surface area contributed by atoms with E-state index in [4.69, 9.17) is 5.73 Å². The minimum atomic E-state index is -0.569. The lowest BCUT2D eigenvalue weighted by atomic mass is 10.0. The van der Waals surface area contributed by atoms with Crippen LogP contribution in [0.5, 0.6) is 0 Å². The molecule has 0 spiro atoms. The predicted molar refractivity (Wildman–Crippen MR) is 56.2 cm³/mol. The molecule has 0 aromatic carbocycles. The van der Waals surface area contributed by atoms with Gasteiger partial charge in [-0.1, -0.05) is 6.42 Å². The third kappa shape index (κ3) is 4.64. The first-order valence-electron chi connectivity index (χ1n) is 5.24. The number of rotatable bonds is 4. The van der Waals surface area contributed by atoms with Crippen LogP contribution in [0.1, 0.15) is 19.3 Å². The number of carbonyl (C=O) groups is 2. The Morgan fingerprint density at radius 2 is 2.00 bits per heavy atom. The number of primary amides is 1. The largest absolute Gasteiger partial charge is 0.353 e. The number of amides is 3. The molecule has 1 saturated heterocycles. The zero-order valence-electron chi connectivity index (χ0n) is 8.71. The van der Waals surface area contributed by atoms with Gasteiger partial charge in [0.05, 0.1) is 6.04 Å². The average molecular weight is 214 g/mol. The SMILES string of the molecule is NC(=O)NCCNC(=O)[C@H]1CCCCN1. The van der Waals surface area contributed by atoms with E-state index in [1.807, 2.05) is 0 Å². The van der Waals surface area contributed by atoms with Crippen molar-refractivity contribution in [3.8, 4) is 0 Å². The molecule has 86 valence electrons. The normalized spacial score (nSPS) is 20.7. The summed E-state index contributed by atoms with van der Waals surface area (Å²) in [5, 5.41) is 8.29. The summed E-state index contributed by atoms with van der Waals surface area (Å²) in [6.45, 7) is 1.69. The molecule has 1 aliphatic rings. The summed E-state index contributed by atoms with van der Waals surface area (Å²) < 4.78 is 0. The summed E-state index contributed by atoms with van der Waals surface area (Å²) in [7, 11) is 0. The van der Waals surface area contributed by atoms with E-state index in [0.717, 1.165) is 25.8 Å². The molecule has 0 bridgehead atoms. The maximum absolute atomic E-state index is 11.5. The summed E-state index contributed by atoms with van der Waals surface area (Å²) >= 11 is 0. The molecule has 1 aliphatic heterocycles. The molecule has 5 N–H and O–H groups in total. The van der Waals surface area contributed by atoms with Gasteiger partial charge in [-0.25, -0.2) is 4.79 Å². The van der Waals surface area contributed by atoms with E-state index in [1.165, 1.54) is 0 Å². The van der Waals surface area contributed by atoms with E-state index < -0.39 is 6.03 Å². The summed E-state index contributed by atoms with van der Waals surface area (Å²) in [4.78, 5) is 21.9. The van der Waals surface area contributed by atoms with Crippen molar-refractivity contribution in [2.24, 2.45) is 5.73 Å². The molecular formula is C9H18N4O2. The fourth-order valence-corrected chi connectivity index (χ4v) is 1.57. The second kappa shape index (κ2) is 6.23. The highest BCUT2D eigenvalue weighted by Gasteiger charge is 2.19. The first kappa shape index (κ1) is 11.8. The van der Waals surface area contributed by atoms with Crippen molar-refractivity contribution < 1.29 is 9.59 Å². The Bertz CT molecular complexity index is 226. The molecule has 1 atom stereocenters. The smallest absolute Gasteiger partial charge is 0.312 e. The van der Waals surface area contributed by atoms with E-state index in [9.17, 15) is 9.59 Å². The number of nitrogens with two attached hydrogens (primary N) is 1. The van der Waals surface area contributed by atoms with Gasteiger partial charge in [0.25, 0.3) is 0 Å². The van der Waals surface area contributed by atoms with E-state index >= 15 is 0 Å². The van der Waals surface area contributed by atoms with Crippen molar-refractivity contribution in [3.63, 3.8) is 0 Å². The molecular weight excluding hydrogens is 196 g/mol. The van der Waals surface area contributed by atoms with Gasteiger partial charge in [-0.15, -0.1) is 0 Å². The highest BCUT2D eigenvalue weighted by Crippen LogP contribution is 2.06. The molecule has 3 amide bonds. The Hall–Kier alpha value is -1.30. The van der Waals surface area contributed by atoms with Gasteiger partial charge in [0, 0.05) is 13.1 Å². The lowest BCUT2D eigenvalue weighted by Gasteiger charge is -2.22. The average Bonchev–Trinajstić information content (AvgIpc) is 2.25. The fourth-order valence-electron chi connectivity index (χ4n) is 1.57. The van der Waals surface area contributed by atoms with Crippen molar-refractivity contribution >= 4 is 11.9 Å². The monoisotopic (exact) mass is 214 g/mol. The Balaban J connectivity index is 2.09. The molecule has 0 unspecified atom stereocenters. The Kier molecular flexibility index (Phi) is 4.89. The minimum Gasteiger partial charge on any atom is -0.353 e. The van der Waals surface area contributed by atoms with Crippen LogP contribution < -0.4 is 21.7 Å². The molecule has 0 saturated carbocycles. The molecule has 1 rings (SSSR count). The van der Waals surface area contributed by atoms with Crippen LogP contribution in [0.2, 0.25) is 0 Å². The van der Waals surface area contributed by atoms with Crippen molar-refractivity contribution in [2.45, 2.75) is 25.3 Å². The third-order valence-electron chi connectivity index (χ3n) is 2.35. The van der Waals surface area contributed by atoms with Crippen LogP contribution in [0.15, 0.2) is 0 Å². The van der Waals surface area contributed by atoms with Crippen LogP contribution in [0.4, 0.5) is 4.79 Å². The van der Waals surface area contributed by atoms with Crippen LogP contribution in [-0.4, -0.2) is 37.6 Å². The molecule has 6 nitrogen and oxygen atoms in total. The topological polar surface area (TPSA) is 96.2 Å². The van der Waals surface area contributed by atoms with E-state index in [2.05, 4.69) is 16.0 Å². The summed E-state index contributed by atoms with van der Waals surface area (Å²) in [5.74, 6) is 0.000899. The van der Waals surface area contributed by atoms with Crippen LogP contribution in [0, 0.1) is 0 Å². The zero-order valence-corrected chi connectivity index (χ0v) is 8.71. The first-order valence-corrected chi connectivity index (χ1v) is 5.24. The van der Waals surface area contributed by atoms with Crippen molar-refractivity contribution in [1.29, 1.82) is 0 Å². The van der Waals surface area contributed by atoms with E-state index in [0.29, 0.717) is 13.1 Å². The molecule has 6 heteroatoms. The number of carbonyl (C=O) groups excluding carboxylic acids is 2. The van der Waals surface area contributed by atoms with Gasteiger partial charge < -0.3 is 21.7 Å². The van der Waals surface area contributed by atoms with Gasteiger partial charge in [0.1, 0.15) is 0 Å². The number of nitrogens with one attached hydrogen (secondary N) is 3. The summed E-state index contributed by atoms with van der Waals surface area (Å²) in [6.07, 6.45) is 3.10. The third-order valence-corrected chi connectivity index (χ3v) is 2.35. The minimum absolute atomic E-state index is 0.000899. The van der Waals surface area contributed by atoms with Gasteiger partial charge in [-0.2, -0.15) is 0 Å². The lowest BCUT2D eigenvalue weighted by Crippen LogP contribution is -2.48. The van der Waals surface area contributed by atoms with E-state index in [-0.39, 0.29) is 11.9 Å². The van der Waals surface area contributed by atoms with Gasteiger partial charge in [-0.05, 0) is 19.4 Å². The van der Waals surface area contributed by atoms with Crippen LogP contribution in [0.25, 0.3) is 0 Å². The van der Waals surface area contributed by atoms with Crippen molar-refractivity contribution in [1.82, 2.24) is 16.0 Å². The van der Waals surface area contributed by atoms with Gasteiger partial charge in [0.15, 0.2) is 0 Å². The van der Waals surface area contributed by atoms with Gasteiger partial charge in [-0.3, -0.25) is 4.79 Å². The first-order chi connectivity index (χ1) is 7.20. The maximum atomic E-state index is 11.5. The molecule has 1 heterocycles. The summed E-state index contributed by atoms with van der Waals surface area (Å²) in [6, 6.07) is -0.646. The van der Waals surface area contributed by atoms with Crippen molar-refractivity contribution in [3.05, 3.63) is 0 Å². The van der Waals surface area contributed by atoms with Crippen LogP contribution in [-0.2, 0) is 4.79 Å². The number of hydrogen-bond acceptors (Lipinski definition) is 3. The van der Waals surface area contributed by atoms with Crippen LogP contribution >= 0.6 is 0 Å². The molecule has 0 radical (unpaired) electrons.